The first kappa shape index (κ1) is 12.8. The Bertz CT molecular complexity index is 625. The molecule has 2 atom stereocenters. The molecule has 4 nitrogen and oxygen atoms in total. The summed E-state index contributed by atoms with van der Waals surface area (Å²) in [6.45, 7) is 0. The Morgan fingerprint density at radius 1 is 1.50 bits per heavy atom. The van der Waals surface area contributed by atoms with Gasteiger partial charge in [-0.2, -0.15) is 5.10 Å². The van der Waals surface area contributed by atoms with Crippen molar-refractivity contribution in [2.75, 3.05) is 7.11 Å². The quantitative estimate of drug-likeness (QED) is 0.807. The maximum Gasteiger partial charge on any atom is 0.127 e. The summed E-state index contributed by atoms with van der Waals surface area (Å²) in [7, 11) is 1.53. The highest BCUT2D eigenvalue weighted by Gasteiger charge is 2.33. The van der Waals surface area contributed by atoms with Gasteiger partial charge in [-0.25, -0.2) is 4.39 Å². The number of methoxy groups -OCH3 is 1. The second kappa shape index (κ2) is 5.07. The number of carbonyl (C=O) groups excluding carboxylic acids is 1. The zero-order valence-electron chi connectivity index (χ0n) is 11.1. The molecule has 1 aliphatic rings. The van der Waals surface area contributed by atoms with Crippen LogP contribution < -0.4 is 4.74 Å². The Morgan fingerprint density at radius 2 is 2.35 bits per heavy atom. The van der Waals surface area contributed by atoms with Crippen LogP contribution in [0.25, 0.3) is 0 Å². The number of carbonyl (C=O) groups is 1. The van der Waals surface area contributed by atoms with E-state index in [2.05, 4.69) is 5.10 Å². The molecule has 5 heteroatoms. The third-order valence-corrected chi connectivity index (χ3v) is 3.86. The molecule has 20 heavy (non-hydrogen) atoms. The van der Waals surface area contributed by atoms with Crippen LogP contribution in [-0.2, 0) is 11.2 Å². The highest BCUT2D eigenvalue weighted by Crippen LogP contribution is 2.40. The van der Waals surface area contributed by atoms with Gasteiger partial charge in [-0.1, -0.05) is 0 Å². The van der Waals surface area contributed by atoms with E-state index in [1.165, 1.54) is 19.2 Å². The van der Waals surface area contributed by atoms with E-state index in [1.54, 1.807) is 23.1 Å². The minimum absolute atomic E-state index is 0.200. The van der Waals surface area contributed by atoms with Gasteiger partial charge in [-0.15, -0.1) is 0 Å². The van der Waals surface area contributed by atoms with Gasteiger partial charge >= 0.3 is 0 Å². The number of aromatic nitrogens is 2. The molecule has 2 aromatic rings. The molecule has 0 saturated carbocycles. The average molecular weight is 274 g/mol. The lowest BCUT2D eigenvalue weighted by Crippen LogP contribution is -2.28. The molecule has 0 amide bonds. The molecule has 0 radical (unpaired) electrons. The Morgan fingerprint density at radius 3 is 3.00 bits per heavy atom. The van der Waals surface area contributed by atoms with Crippen molar-refractivity contribution in [3.05, 3.63) is 47.5 Å². The normalized spacial score (nSPS) is 21.3. The molecular weight excluding hydrogens is 259 g/mol. The van der Waals surface area contributed by atoms with Crippen LogP contribution >= 0.6 is 0 Å². The Hall–Kier alpha value is -2.17. The largest absolute Gasteiger partial charge is 0.496 e. The van der Waals surface area contributed by atoms with Crippen LogP contribution in [0.4, 0.5) is 4.39 Å². The molecule has 0 bridgehead atoms. The van der Waals surface area contributed by atoms with Crippen LogP contribution in [0.3, 0.4) is 0 Å². The van der Waals surface area contributed by atoms with E-state index in [0.717, 1.165) is 17.4 Å². The van der Waals surface area contributed by atoms with Crippen LogP contribution in [0, 0.1) is 11.7 Å². The molecular formula is C15H15FN2O2. The zero-order chi connectivity index (χ0) is 14.1. The van der Waals surface area contributed by atoms with E-state index < -0.39 is 0 Å². The molecule has 0 spiro atoms. The minimum Gasteiger partial charge on any atom is -0.496 e. The monoisotopic (exact) mass is 274 g/mol. The van der Waals surface area contributed by atoms with E-state index in [4.69, 9.17) is 4.74 Å². The Balaban J connectivity index is 2.18. The van der Waals surface area contributed by atoms with Crippen LogP contribution in [-0.4, -0.2) is 23.2 Å². The number of aldehydes is 1. The highest BCUT2D eigenvalue weighted by molar-refractivity contribution is 5.59. The Kier molecular flexibility index (Phi) is 3.26. The topological polar surface area (TPSA) is 44.1 Å². The van der Waals surface area contributed by atoms with Crippen molar-refractivity contribution in [3.8, 4) is 5.75 Å². The van der Waals surface area contributed by atoms with Crippen LogP contribution in [0.15, 0.2) is 30.6 Å². The van der Waals surface area contributed by atoms with Crippen molar-refractivity contribution in [2.24, 2.45) is 5.92 Å². The van der Waals surface area contributed by atoms with Crippen LogP contribution in [0.1, 0.15) is 23.6 Å². The van der Waals surface area contributed by atoms with E-state index >= 15 is 0 Å². The lowest BCUT2D eigenvalue weighted by Gasteiger charge is -2.31. The van der Waals surface area contributed by atoms with Gasteiger partial charge in [-0.05, 0) is 36.1 Å². The summed E-state index contributed by atoms with van der Waals surface area (Å²) in [5, 5.41) is 4.22. The second-order valence-electron chi connectivity index (χ2n) is 4.95. The summed E-state index contributed by atoms with van der Waals surface area (Å²) >= 11 is 0. The summed E-state index contributed by atoms with van der Waals surface area (Å²) in [6, 6.07) is 4.41. The number of fused-ring (bicyclic) bond motifs is 1. The fraction of sp³-hybridized carbons (Fsp3) is 0.333. The number of nitrogens with zero attached hydrogens (tertiary/aromatic N) is 2. The SMILES string of the molecule is COc1cc(F)cc2c1CCC(C=O)C2n1cccn1. The van der Waals surface area contributed by atoms with E-state index in [9.17, 15) is 9.18 Å². The average Bonchev–Trinajstić information content (AvgIpc) is 2.98. The van der Waals surface area contributed by atoms with E-state index in [0.29, 0.717) is 18.6 Å². The molecule has 2 unspecified atom stereocenters. The van der Waals surface area contributed by atoms with Crippen LogP contribution in [0.2, 0.25) is 0 Å². The Labute approximate surface area is 116 Å². The second-order valence-corrected chi connectivity index (χ2v) is 4.95. The number of ether oxygens (including phenoxy) is 1. The first-order valence-corrected chi connectivity index (χ1v) is 6.55. The molecule has 1 heterocycles. The van der Waals surface area contributed by atoms with Gasteiger partial charge in [0.25, 0.3) is 0 Å². The minimum atomic E-state index is -0.357. The lowest BCUT2D eigenvalue weighted by atomic mass is 9.80. The van der Waals surface area contributed by atoms with Crippen molar-refractivity contribution in [1.82, 2.24) is 9.78 Å². The molecule has 104 valence electrons. The van der Waals surface area contributed by atoms with Crippen LogP contribution in [0.5, 0.6) is 5.75 Å². The number of benzene rings is 1. The van der Waals surface area contributed by atoms with Crippen molar-refractivity contribution in [3.63, 3.8) is 0 Å². The van der Waals surface area contributed by atoms with Gasteiger partial charge in [0.1, 0.15) is 17.9 Å². The first-order chi connectivity index (χ1) is 9.74. The molecule has 1 aromatic heterocycles. The van der Waals surface area contributed by atoms with E-state index in [1.807, 2.05) is 0 Å². The summed E-state index contributed by atoms with van der Waals surface area (Å²) in [5.41, 5.74) is 1.75. The van der Waals surface area contributed by atoms with Crippen molar-refractivity contribution in [1.29, 1.82) is 0 Å². The third-order valence-electron chi connectivity index (χ3n) is 3.86. The number of hydrogen-bond acceptors (Lipinski definition) is 3. The van der Waals surface area contributed by atoms with Gasteiger partial charge in [0.05, 0.1) is 13.2 Å². The van der Waals surface area contributed by atoms with Gasteiger partial charge in [0, 0.05) is 24.4 Å². The first-order valence-electron chi connectivity index (χ1n) is 6.55. The number of halogens is 1. The maximum absolute atomic E-state index is 13.8. The van der Waals surface area contributed by atoms with Gasteiger partial charge < -0.3 is 9.53 Å². The van der Waals surface area contributed by atoms with Crippen molar-refractivity contribution < 1.29 is 13.9 Å². The summed E-state index contributed by atoms with van der Waals surface area (Å²) in [4.78, 5) is 11.3. The smallest absolute Gasteiger partial charge is 0.127 e. The zero-order valence-corrected chi connectivity index (χ0v) is 11.1. The van der Waals surface area contributed by atoms with Crippen molar-refractivity contribution >= 4 is 6.29 Å². The fourth-order valence-electron chi connectivity index (χ4n) is 2.97. The molecule has 0 saturated heterocycles. The van der Waals surface area contributed by atoms with Crippen molar-refractivity contribution in [2.45, 2.75) is 18.9 Å². The number of hydrogen-bond donors (Lipinski definition) is 0. The standard InChI is InChI=1S/C15H15FN2O2/c1-20-14-8-11(16)7-13-12(14)4-3-10(9-19)15(13)18-6-2-5-17-18/h2,5-10,15H,3-4H2,1H3. The molecule has 0 N–H and O–H groups in total. The third kappa shape index (κ3) is 1.99. The molecule has 3 rings (SSSR count). The summed E-state index contributed by atoms with van der Waals surface area (Å²) in [5.74, 6) is -0.0142. The predicted octanol–water partition coefficient (Wildman–Crippen LogP) is 2.38. The molecule has 0 aliphatic heterocycles. The molecule has 1 aliphatic carbocycles. The lowest BCUT2D eigenvalue weighted by molar-refractivity contribution is -0.112. The fourth-order valence-corrected chi connectivity index (χ4v) is 2.97. The van der Waals surface area contributed by atoms with E-state index in [-0.39, 0.29) is 17.8 Å². The number of rotatable bonds is 3. The van der Waals surface area contributed by atoms with Gasteiger partial charge in [0.15, 0.2) is 0 Å². The summed E-state index contributed by atoms with van der Waals surface area (Å²) in [6.07, 6.45) is 5.82. The maximum atomic E-state index is 13.8. The highest BCUT2D eigenvalue weighted by atomic mass is 19.1. The predicted molar refractivity (Wildman–Crippen MR) is 71.2 cm³/mol. The summed E-state index contributed by atoms with van der Waals surface area (Å²) < 4.78 is 20.8. The molecule has 0 fully saturated rings. The van der Waals surface area contributed by atoms with Gasteiger partial charge in [0.2, 0.25) is 0 Å². The molecule has 1 aromatic carbocycles. The van der Waals surface area contributed by atoms with Gasteiger partial charge in [-0.3, -0.25) is 4.68 Å².